The number of rotatable bonds is 4. The Hall–Kier alpha value is -2.03. The van der Waals surface area contributed by atoms with Crippen molar-refractivity contribution in [2.24, 2.45) is 0 Å². The van der Waals surface area contributed by atoms with Gasteiger partial charge < -0.3 is 15.2 Å². The summed E-state index contributed by atoms with van der Waals surface area (Å²) in [5.74, 6) is -5.66. The second-order valence-corrected chi connectivity index (χ2v) is 4.07. The molecule has 1 aromatic carbocycles. The van der Waals surface area contributed by atoms with Crippen LogP contribution in [0.15, 0.2) is 23.4 Å². The normalized spacial score (nSPS) is 11.6. The van der Waals surface area contributed by atoms with E-state index in [0.717, 1.165) is 6.07 Å². The van der Waals surface area contributed by atoms with Gasteiger partial charge in [0.05, 0.1) is 18.0 Å². The van der Waals surface area contributed by atoms with Crippen LogP contribution in [0.4, 0.5) is 18.9 Å². The van der Waals surface area contributed by atoms with Crippen molar-refractivity contribution in [1.29, 1.82) is 0 Å². The van der Waals surface area contributed by atoms with Gasteiger partial charge in [0.2, 0.25) is 0 Å². The van der Waals surface area contributed by atoms with Crippen LogP contribution in [0.3, 0.4) is 0 Å². The van der Waals surface area contributed by atoms with Gasteiger partial charge in [0.15, 0.2) is 25.3 Å². The van der Waals surface area contributed by atoms with Gasteiger partial charge in [0.25, 0.3) is 0 Å². The van der Waals surface area contributed by atoms with Gasteiger partial charge in [0, 0.05) is 0 Å². The summed E-state index contributed by atoms with van der Waals surface area (Å²) in [6.07, 6.45) is 0. The first-order valence-corrected chi connectivity index (χ1v) is 6.01. The Balaban J connectivity index is 3.07. The molecule has 0 aliphatic heterocycles. The molecule has 0 heterocycles. The smallest absolute Gasteiger partial charge is 0.343 e. The highest BCUT2D eigenvalue weighted by atomic mass is 32.1. The van der Waals surface area contributed by atoms with Crippen molar-refractivity contribution in [3.05, 3.63) is 40.8 Å². The van der Waals surface area contributed by atoms with Crippen molar-refractivity contribution in [1.82, 2.24) is 0 Å². The van der Waals surface area contributed by atoms with Crippen LogP contribution in [0.25, 0.3) is 0 Å². The van der Waals surface area contributed by atoms with E-state index in [1.807, 2.05) is 0 Å². The van der Waals surface area contributed by atoms with Crippen LogP contribution in [0, 0.1) is 17.5 Å². The number of halogens is 3. The zero-order chi connectivity index (χ0) is 16.2. The molecular formula is C12H9BF3NO3S. The summed E-state index contributed by atoms with van der Waals surface area (Å²) in [7, 11) is 5.09. The summed E-state index contributed by atoms with van der Waals surface area (Å²) in [6, 6.07) is 1.54. The van der Waals surface area contributed by atoms with Gasteiger partial charge in [-0.05, 0) is 19.1 Å². The molecular weight excluding hydrogens is 306 g/mol. The largest absolute Gasteiger partial charge is 0.523 e. The fourth-order valence-electron chi connectivity index (χ4n) is 1.32. The average Bonchev–Trinajstić information content (AvgIpc) is 2.39. The van der Waals surface area contributed by atoms with Crippen molar-refractivity contribution in [2.45, 2.75) is 6.92 Å². The first-order valence-electron chi connectivity index (χ1n) is 5.60. The van der Waals surface area contributed by atoms with Crippen LogP contribution in [0.5, 0.6) is 0 Å². The third-order valence-corrected chi connectivity index (χ3v) is 2.55. The molecule has 0 saturated carbocycles. The zero-order valence-corrected chi connectivity index (χ0v) is 11.6. The maximum absolute atomic E-state index is 13.5. The summed E-state index contributed by atoms with van der Waals surface area (Å²) in [4.78, 5) is 11.0. The van der Waals surface area contributed by atoms with E-state index < -0.39 is 45.3 Å². The van der Waals surface area contributed by atoms with Gasteiger partial charge in [-0.25, -0.2) is 18.0 Å². The summed E-state index contributed by atoms with van der Waals surface area (Å²) in [5, 5.41) is 11.4. The minimum atomic E-state index is -1.71. The minimum absolute atomic E-state index is 0.0161. The van der Waals surface area contributed by atoms with Crippen molar-refractivity contribution >= 4 is 36.7 Å². The first kappa shape index (κ1) is 17.0. The van der Waals surface area contributed by atoms with Crippen LogP contribution in [0.1, 0.15) is 6.92 Å². The molecule has 0 aliphatic rings. The lowest BCUT2D eigenvalue weighted by Gasteiger charge is -2.13. The van der Waals surface area contributed by atoms with E-state index >= 15 is 0 Å². The maximum Gasteiger partial charge on any atom is 0.343 e. The van der Waals surface area contributed by atoms with Crippen LogP contribution in [-0.4, -0.2) is 30.5 Å². The molecule has 21 heavy (non-hydrogen) atoms. The highest BCUT2D eigenvalue weighted by Crippen LogP contribution is 2.21. The number of aliphatic hydroxyl groups excluding tert-OH is 1. The Morgan fingerprint density at radius 3 is 2.52 bits per heavy atom. The van der Waals surface area contributed by atoms with Crippen LogP contribution >= 0.6 is 12.2 Å². The number of thiocarbonyl (C=S) groups is 1. The monoisotopic (exact) mass is 315 g/mol. The lowest BCUT2D eigenvalue weighted by Crippen LogP contribution is -2.23. The predicted octanol–water partition coefficient (Wildman–Crippen LogP) is 2.34. The lowest BCUT2D eigenvalue weighted by atomic mass is 10.0. The van der Waals surface area contributed by atoms with Gasteiger partial charge in [0.1, 0.15) is 10.6 Å². The Labute approximate surface area is 125 Å². The Kier molecular flexibility index (Phi) is 5.77. The molecule has 9 heteroatoms. The Morgan fingerprint density at radius 1 is 1.38 bits per heavy atom. The predicted molar refractivity (Wildman–Crippen MR) is 74.6 cm³/mol. The number of hydrogen-bond acceptors (Lipinski definition) is 4. The van der Waals surface area contributed by atoms with E-state index in [1.165, 1.54) is 6.92 Å². The van der Waals surface area contributed by atoms with E-state index in [0.29, 0.717) is 6.07 Å². The molecule has 0 saturated heterocycles. The molecule has 0 spiro atoms. The zero-order valence-electron chi connectivity index (χ0n) is 10.7. The number of carbonyl (C=O) groups excluding carboxylic acids is 1. The summed E-state index contributed by atoms with van der Waals surface area (Å²) in [6.45, 7) is 1.49. The Morgan fingerprint density at radius 2 is 2.00 bits per heavy atom. The molecule has 0 aromatic heterocycles. The number of hydrogen-bond donors (Lipinski definition) is 2. The second-order valence-electron chi connectivity index (χ2n) is 3.66. The van der Waals surface area contributed by atoms with Gasteiger partial charge in [-0.2, -0.15) is 0 Å². The third kappa shape index (κ3) is 3.97. The molecule has 0 atom stereocenters. The summed E-state index contributed by atoms with van der Waals surface area (Å²) in [5.41, 5.74) is -2.09. The minimum Gasteiger partial charge on any atom is -0.523 e. The SMILES string of the molecule is [B]C(O)=C(C(=O)OCC)C(=S)Nc1ccc(F)c(F)c1F. The van der Waals surface area contributed by atoms with Crippen LogP contribution in [-0.2, 0) is 9.53 Å². The summed E-state index contributed by atoms with van der Waals surface area (Å²) < 4.78 is 43.9. The fraction of sp³-hybridized carbons (Fsp3) is 0.167. The van der Waals surface area contributed by atoms with Crippen molar-refractivity contribution in [3.63, 3.8) is 0 Å². The Bertz CT molecular complexity index is 618. The van der Waals surface area contributed by atoms with E-state index in [-0.39, 0.29) is 6.61 Å². The molecule has 2 N–H and O–H groups in total. The molecule has 4 nitrogen and oxygen atoms in total. The van der Waals surface area contributed by atoms with Crippen molar-refractivity contribution in [2.75, 3.05) is 11.9 Å². The number of esters is 1. The summed E-state index contributed by atoms with van der Waals surface area (Å²) >= 11 is 4.77. The molecule has 0 aliphatic carbocycles. The molecule has 1 rings (SSSR count). The van der Waals surface area contributed by atoms with Crippen molar-refractivity contribution < 1.29 is 27.8 Å². The third-order valence-electron chi connectivity index (χ3n) is 2.25. The first-order chi connectivity index (χ1) is 9.79. The fourth-order valence-corrected chi connectivity index (χ4v) is 1.62. The molecule has 0 bridgehead atoms. The van der Waals surface area contributed by atoms with E-state index in [9.17, 15) is 23.1 Å². The molecule has 0 unspecified atom stereocenters. The van der Waals surface area contributed by atoms with Crippen molar-refractivity contribution in [3.8, 4) is 0 Å². The molecule has 1 aromatic rings. The standard InChI is InChI=1S/C12H9BF3NO3S/c1-2-20-12(19)7(10(13)18)11(21)17-6-4-3-5(14)8(15)9(6)16/h3-4,18H,2H2,1H3,(H,17,21). The van der Waals surface area contributed by atoms with E-state index in [1.54, 1.807) is 0 Å². The molecule has 110 valence electrons. The number of ether oxygens (including phenoxy) is 1. The number of nitrogens with one attached hydrogen (secondary N) is 1. The molecule has 2 radical (unpaired) electrons. The van der Waals surface area contributed by atoms with Crippen LogP contribution in [0.2, 0.25) is 0 Å². The number of carbonyl (C=O) groups is 1. The maximum atomic E-state index is 13.5. The number of aliphatic hydroxyl groups is 1. The average molecular weight is 315 g/mol. The number of benzene rings is 1. The van der Waals surface area contributed by atoms with E-state index in [2.05, 4.69) is 10.1 Å². The van der Waals surface area contributed by atoms with E-state index in [4.69, 9.17) is 20.1 Å². The van der Waals surface area contributed by atoms with Gasteiger partial charge in [-0.3, -0.25) is 0 Å². The van der Waals surface area contributed by atoms with Gasteiger partial charge in [-0.1, -0.05) is 12.2 Å². The second kappa shape index (κ2) is 7.12. The van der Waals surface area contributed by atoms with Gasteiger partial charge >= 0.3 is 5.97 Å². The highest BCUT2D eigenvalue weighted by Gasteiger charge is 2.21. The van der Waals surface area contributed by atoms with Gasteiger partial charge in [-0.15, -0.1) is 0 Å². The molecule has 0 fully saturated rings. The highest BCUT2D eigenvalue weighted by molar-refractivity contribution is 7.81. The number of anilines is 1. The quantitative estimate of drug-likeness (QED) is 0.223. The molecule has 0 amide bonds. The topological polar surface area (TPSA) is 58.6 Å². The lowest BCUT2D eigenvalue weighted by molar-refractivity contribution is -0.138. The van der Waals surface area contributed by atoms with Crippen LogP contribution < -0.4 is 5.32 Å².